The Morgan fingerprint density at radius 3 is 2.23 bits per heavy atom. The lowest BCUT2D eigenvalue weighted by atomic mass is 9.94. The number of amides is 4. The number of carbonyl (C=O) groups is 3. The molecule has 2 fully saturated rings. The van der Waals surface area contributed by atoms with E-state index in [0.29, 0.717) is 28.7 Å². The second kappa shape index (κ2) is 9.96. The summed E-state index contributed by atoms with van der Waals surface area (Å²) < 4.78 is 0. The van der Waals surface area contributed by atoms with Gasteiger partial charge in [-0.25, -0.2) is 4.79 Å². The van der Waals surface area contributed by atoms with E-state index in [2.05, 4.69) is 10.6 Å². The van der Waals surface area contributed by atoms with E-state index in [-0.39, 0.29) is 23.8 Å². The lowest BCUT2D eigenvalue weighted by molar-refractivity contribution is -0.137. The minimum atomic E-state index is -0.343. The third-order valence-corrected chi connectivity index (χ3v) is 6.87. The second-order valence-electron chi connectivity index (χ2n) is 8.06. The smallest absolute Gasteiger partial charge is 0.324 e. The lowest BCUT2D eigenvalue weighted by Crippen LogP contribution is -2.45. The molecule has 2 N–H and O–H groups in total. The van der Waals surface area contributed by atoms with Gasteiger partial charge in [0.15, 0.2) is 0 Å². The molecule has 3 heterocycles. The van der Waals surface area contributed by atoms with Crippen LogP contribution in [-0.4, -0.2) is 53.8 Å². The maximum absolute atomic E-state index is 12.9. The van der Waals surface area contributed by atoms with Gasteiger partial charge in [-0.3, -0.25) is 14.9 Å². The van der Waals surface area contributed by atoms with Crippen LogP contribution in [0, 0.1) is 5.92 Å². The minimum Gasteiger partial charge on any atom is -0.342 e. The number of likely N-dealkylation sites (tertiary alicyclic amines) is 2. The van der Waals surface area contributed by atoms with Crippen LogP contribution in [0.1, 0.15) is 41.8 Å². The number of benzene rings is 1. The van der Waals surface area contributed by atoms with Crippen molar-refractivity contribution in [1.29, 1.82) is 0 Å². The summed E-state index contributed by atoms with van der Waals surface area (Å²) in [4.78, 5) is 42.2. The maximum Gasteiger partial charge on any atom is 0.324 e. The normalized spacial score (nSPS) is 17.3. The zero-order valence-electron chi connectivity index (χ0n) is 17.5. The molecule has 0 aliphatic carbocycles. The van der Waals surface area contributed by atoms with E-state index in [1.165, 1.54) is 17.8 Å². The number of urea groups is 1. The number of hydrogen-bond acceptors (Lipinski definition) is 4. The molecular weight excluding hydrogens is 412 g/mol. The molecule has 31 heavy (non-hydrogen) atoms. The number of para-hydroxylation sites is 1. The van der Waals surface area contributed by atoms with Crippen molar-refractivity contribution >= 4 is 39.9 Å². The highest BCUT2D eigenvalue weighted by Gasteiger charge is 2.31. The van der Waals surface area contributed by atoms with Gasteiger partial charge in [-0.1, -0.05) is 18.2 Å². The Morgan fingerprint density at radius 2 is 1.52 bits per heavy atom. The molecule has 0 saturated carbocycles. The fourth-order valence-corrected chi connectivity index (χ4v) is 5.04. The fourth-order valence-electron chi connectivity index (χ4n) is 4.17. The molecule has 4 rings (SSSR count). The molecule has 2 saturated heterocycles. The van der Waals surface area contributed by atoms with Crippen LogP contribution in [0.15, 0.2) is 42.5 Å². The van der Waals surface area contributed by atoms with E-state index in [1.54, 1.807) is 12.1 Å². The SMILES string of the molecule is O=C(Nc1ccccc1)Nc1ccc(C(=O)N2CCC(C(=O)N3CCCCC3)CC2)s1. The number of rotatable bonds is 4. The molecule has 0 bridgehead atoms. The van der Waals surface area contributed by atoms with Crippen LogP contribution in [0.5, 0.6) is 0 Å². The van der Waals surface area contributed by atoms with E-state index in [1.807, 2.05) is 40.1 Å². The summed E-state index contributed by atoms with van der Waals surface area (Å²) in [5.41, 5.74) is 0.704. The van der Waals surface area contributed by atoms with Crippen LogP contribution in [0.4, 0.5) is 15.5 Å². The first-order valence-electron chi connectivity index (χ1n) is 10.9. The van der Waals surface area contributed by atoms with Crippen molar-refractivity contribution in [2.45, 2.75) is 32.1 Å². The number of carbonyl (C=O) groups excluding carboxylic acids is 3. The summed E-state index contributed by atoms with van der Waals surface area (Å²) in [6, 6.07) is 12.3. The molecule has 0 atom stereocenters. The Morgan fingerprint density at radius 1 is 0.806 bits per heavy atom. The van der Waals surface area contributed by atoms with Gasteiger partial charge in [0.2, 0.25) is 5.91 Å². The zero-order valence-corrected chi connectivity index (χ0v) is 18.3. The zero-order chi connectivity index (χ0) is 21.6. The van der Waals surface area contributed by atoms with E-state index in [4.69, 9.17) is 0 Å². The highest BCUT2D eigenvalue weighted by atomic mass is 32.1. The molecule has 2 aromatic rings. The fraction of sp³-hybridized carbons (Fsp3) is 0.435. The molecule has 4 amide bonds. The van der Waals surface area contributed by atoms with Gasteiger partial charge in [0, 0.05) is 37.8 Å². The molecule has 2 aliphatic heterocycles. The third kappa shape index (κ3) is 5.44. The first-order valence-corrected chi connectivity index (χ1v) is 11.7. The predicted octanol–water partition coefficient (Wildman–Crippen LogP) is 4.26. The van der Waals surface area contributed by atoms with Crippen molar-refractivity contribution in [3.05, 3.63) is 47.3 Å². The number of piperidine rings is 2. The van der Waals surface area contributed by atoms with E-state index in [9.17, 15) is 14.4 Å². The van der Waals surface area contributed by atoms with Crippen LogP contribution < -0.4 is 10.6 Å². The summed E-state index contributed by atoms with van der Waals surface area (Å²) in [5.74, 6) is 0.258. The number of thiophene rings is 1. The van der Waals surface area contributed by atoms with Crippen LogP contribution in [0.2, 0.25) is 0 Å². The Hall–Kier alpha value is -2.87. The number of hydrogen-bond donors (Lipinski definition) is 2. The van der Waals surface area contributed by atoms with E-state index < -0.39 is 0 Å². The van der Waals surface area contributed by atoms with E-state index >= 15 is 0 Å². The molecule has 8 heteroatoms. The maximum atomic E-state index is 12.9. The van der Waals surface area contributed by atoms with Gasteiger partial charge in [-0.15, -0.1) is 11.3 Å². The quantitative estimate of drug-likeness (QED) is 0.745. The lowest BCUT2D eigenvalue weighted by Gasteiger charge is -2.35. The van der Waals surface area contributed by atoms with Crippen molar-refractivity contribution in [3.8, 4) is 0 Å². The number of anilines is 2. The van der Waals surface area contributed by atoms with Crippen LogP contribution in [0.3, 0.4) is 0 Å². The molecule has 164 valence electrons. The third-order valence-electron chi connectivity index (χ3n) is 5.88. The van der Waals surface area contributed by atoms with Gasteiger partial charge >= 0.3 is 6.03 Å². The van der Waals surface area contributed by atoms with E-state index in [0.717, 1.165) is 38.8 Å². The Bertz CT molecular complexity index is 916. The summed E-state index contributed by atoms with van der Waals surface area (Å²) in [5, 5.41) is 6.15. The van der Waals surface area contributed by atoms with Gasteiger partial charge in [-0.2, -0.15) is 0 Å². The van der Waals surface area contributed by atoms with Gasteiger partial charge in [0.05, 0.1) is 9.88 Å². The first-order chi connectivity index (χ1) is 15.1. The standard InChI is InChI=1S/C23H28N4O3S/c28-21(26-13-5-2-6-14-26)17-11-15-27(16-12-17)22(29)19-9-10-20(31-19)25-23(30)24-18-7-3-1-4-8-18/h1,3-4,7-10,17H,2,5-6,11-16H2,(H2,24,25,30). The Balaban J connectivity index is 1.27. The molecular formula is C23H28N4O3S. The largest absolute Gasteiger partial charge is 0.342 e. The number of nitrogens with zero attached hydrogens (tertiary/aromatic N) is 2. The Labute approximate surface area is 186 Å². The van der Waals surface area contributed by atoms with Gasteiger partial charge < -0.3 is 15.1 Å². The second-order valence-corrected chi connectivity index (χ2v) is 9.15. The minimum absolute atomic E-state index is 0.0318. The van der Waals surface area contributed by atoms with Crippen molar-refractivity contribution in [3.63, 3.8) is 0 Å². The molecule has 1 aromatic carbocycles. The molecule has 0 radical (unpaired) electrons. The topological polar surface area (TPSA) is 81.8 Å². The monoisotopic (exact) mass is 440 g/mol. The first kappa shape index (κ1) is 21.4. The molecule has 1 aromatic heterocycles. The van der Waals surface area contributed by atoms with Crippen molar-refractivity contribution in [2.75, 3.05) is 36.8 Å². The van der Waals surface area contributed by atoms with Gasteiger partial charge in [0.1, 0.15) is 0 Å². The molecule has 7 nitrogen and oxygen atoms in total. The average molecular weight is 441 g/mol. The predicted molar refractivity (Wildman–Crippen MR) is 122 cm³/mol. The summed E-state index contributed by atoms with van der Waals surface area (Å²) in [6.45, 7) is 2.94. The van der Waals surface area contributed by atoms with Crippen LogP contribution in [0.25, 0.3) is 0 Å². The molecule has 0 spiro atoms. The average Bonchev–Trinajstić information content (AvgIpc) is 3.27. The Kier molecular flexibility index (Phi) is 6.86. The van der Waals surface area contributed by atoms with Gasteiger partial charge in [-0.05, 0) is 56.4 Å². The summed E-state index contributed by atoms with van der Waals surface area (Å²) >= 11 is 1.27. The summed E-state index contributed by atoms with van der Waals surface area (Å²) in [6.07, 6.45) is 4.85. The van der Waals surface area contributed by atoms with Crippen molar-refractivity contribution in [2.24, 2.45) is 5.92 Å². The molecule has 2 aliphatic rings. The van der Waals surface area contributed by atoms with Gasteiger partial charge in [0.25, 0.3) is 5.91 Å². The van der Waals surface area contributed by atoms with Crippen molar-refractivity contribution in [1.82, 2.24) is 9.80 Å². The highest BCUT2D eigenvalue weighted by Crippen LogP contribution is 2.27. The van der Waals surface area contributed by atoms with Crippen LogP contribution in [-0.2, 0) is 4.79 Å². The highest BCUT2D eigenvalue weighted by molar-refractivity contribution is 7.18. The molecule has 0 unspecified atom stereocenters. The van der Waals surface area contributed by atoms with Crippen LogP contribution >= 0.6 is 11.3 Å². The number of nitrogens with one attached hydrogen (secondary N) is 2. The van der Waals surface area contributed by atoms with Crippen molar-refractivity contribution < 1.29 is 14.4 Å². The summed E-state index contributed by atoms with van der Waals surface area (Å²) in [7, 11) is 0.